The molecule has 2 heteroatoms. The largest absolute Gasteiger partial charge is 0.370 e. The van der Waals surface area contributed by atoms with Gasteiger partial charge in [0.25, 0.3) is 0 Å². The summed E-state index contributed by atoms with van der Waals surface area (Å²) in [6.45, 7) is 6.40. The van der Waals surface area contributed by atoms with Gasteiger partial charge in [0.2, 0.25) is 0 Å². The SMILES string of the molecule is CCCCCCCCCCCCCCCCC=C[N+]1(C)CCOCC1. The summed E-state index contributed by atoms with van der Waals surface area (Å²) in [6.07, 6.45) is 26.3. The molecule has 0 aromatic heterocycles. The van der Waals surface area contributed by atoms with Crippen LogP contribution in [0.3, 0.4) is 0 Å². The highest BCUT2D eigenvalue weighted by molar-refractivity contribution is 4.75. The molecule has 25 heavy (non-hydrogen) atoms. The molecule has 1 rings (SSSR count). The third kappa shape index (κ3) is 13.5. The molecular weight excluding hydrogens is 306 g/mol. The van der Waals surface area contributed by atoms with Crippen LogP contribution < -0.4 is 0 Å². The molecule has 0 atom stereocenters. The van der Waals surface area contributed by atoms with Crippen LogP contribution in [0.1, 0.15) is 103 Å². The lowest BCUT2D eigenvalue weighted by Crippen LogP contribution is -2.47. The Morgan fingerprint density at radius 3 is 1.60 bits per heavy atom. The van der Waals surface area contributed by atoms with E-state index in [0.717, 1.165) is 30.8 Å². The molecule has 2 nitrogen and oxygen atoms in total. The van der Waals surface area contributed by atoms with Gasteiger partial charge in [-0.25, -0.2) is 0 Å². The van der Waals surface area contributed by atoms with Gasteiger partial charge in [0, 0.05) is 0 Å². The third-order valence-corrected chi connectivity index (χ3v) is 5.68. The minimum absolute atomic E-state index is 0.916. The molecule has 0 aromatic carbocycles. The van der Waals surface area contributed by atoms with Crippen molar-refractivity contribution in [1.82, 2.24) is 0 Å². The fourth-order valence-electron chi connectivity index (χ4n) is 3.69. The van der Waals surface area contributed by atoms with Crippen LogP contribution in [0.15, 0.2) is 12.3 Å². The molecule has 1 aliphatic rings. The first-order valence-corrected chi connectivity index (χ1v) is 11.4. The summed E-state index contributed by atoms with van der Waals surface area (Å²) in [5.41, 5.74) is 0. The molecule has 1 fully saturated rings. The van der Waals surface area contributed by atoms with Gasteiger partial charge in [-0.3, -0.25) is 4.48 Å². The number of rotatable bonds is 16. The van der Waals surface area contributed by atoms with Crippen LogP contribution >= 0.6 is 0 Å². The predicted molar refractivity (Wildman–Crippen MR) is 111 cm³/mol. The summed E-state index contributed by atoms with van der Waals surface area (Å²) in [7, 11) is 2.32. The molecule has 0 radical (unpaired) electrons. The van der Waals surface area contributed by atoms with Crippen molar-refractivity contribution in [2.45, 2.75) is 103 Å². The van der Waals surface area contributed by atoms with Gasteiger partial charge in [-0.15, -0.1) is 0 Å². The number of likely N-dealkylation sites (N-methyl/N-ethyl adjacent to an activating group) is 1. The summed E-state index contributed by atoms with van der Waals surface area (Å²) < 4.78 is 6.52. The van der Waals surface area contributed by atoms with E-state index in [2.05, 4.69) is 26.2 Å². The lowest BCUT2D eigenvalue weighted by molar-refractivity contribution is -0.868. The summed E-state index contributed by atoms with van der Waals surface area (Å²) in [5, 5.41) is 0. The van der Waals surface area contributed by atoms with Crippen LogP contribution in [0, 0.1) is 0 Å². The number of nitrogens with zero attached hydrogens (tertiary/aromatic N) is 1. The Labute approximate surface area is 158 Å². The maximum atomic E-state index is 5.45. The summed E-state index contributed by atoms with van der Waals surface area (Å²) in [4.78, 5) is 0. The van der Waals surface area contributed by atoms with Crippen LogP contribution in [0.2, 0.25) is 0 Å². The van der Waals surface area contributed by atoms with Crippen molar-refractivity contribution in [3.8, 4) is 0 Å². The molecule has 0 spiro atoms. The molecule has 148 valence electrons. The number of unbranched alkanes of at least 4 members (excludes halogenated alkanes) is 14. The standard InChI is InChI=1S/C23H46NO/c1-3-4-5-6-7-8-9-10-11-12-13-14-15-16-17-18-19-24(2)20-22-25-23-21-24/h18-19H,3-17,20-23H2,1-2H3/q+1. The van der Waals surface area contributed by atoms with Crippen LogP contribution in [0.5, 0.6) is 0 Å². The van der Waals surface area contributed by atoms with Gasteiger partial charge in [0.05, 0.1) is 26.5 Å². The van der Waals surface area contributed by atoms with Crippen molar-refractivity contribution in [1.29, 1.82) is 0 Å². The van der Waals surface area contributed by atoms with E-state index in [1.807, 2.05) is 0 Å². The Kier molecular flexibility index (Phi) is 14.4. The van der Waals surface area contributed by atoms with Gasteiger partial charge in [-0.05, 0) is 18.9 Å². The number of ether oxygens (including phenoxy) is 1. The van der Waals surface area contributed by atoms with E-state index in [-0.39, 0.29) is 0 Å². The van der Waals surface area contributed by atoms with Gasteiger partial charge in [0.1, 0.15) is 13.1 Å². The van der Waals surface area contributed by atoms with Gasteiger partial charge >= 0.3 is 0 Å². The Morgan fingerprint density at radius 1 is 0.680 bits per heavy atom. The van der Waals surface area contributed by atoms with Gasteiger partial charge in [-0.2, -0.15) is 0 Å². The smallest absolute Gasteiger partial charge is 0.106 e. The zero-order chi connectivity index (χ0) is 18.1. The molecular formula is C23H46NO+. The number of hydrogen-bond acceptors (Lipinski definition) is 1. The van der Waals surface area contributed by atoms with E-state index in [4.69, 9.17) is 4.74 Å². The van der Waals surface area contributed by atoms with Crippen molar-refractivity contribution in [2.24, 2.45) is 0 Å². The fraction of sp³-hybridized carbons (Fsp3) is 0.913. The van der Waals surface area contributed by atoms with Crippen molar-refractivity contribution in [3.05, 3.63) is 12.3 Å². The topological polar surface area (TPSA) is 9.23 Å². The van der Waals surface area contributed by atoms with Crippen molar-refractivity contribution < 1.29 is 9.22 Å². The van der Waals surface area contributed by atoms with Crippen LogP contribution in [0.25, 0.3) is 0 Å². The maximum absolute atomic E-state index is 5.45. The second kappa shape index (κ2) is 15.9. The molecule has 0 aliphatic carbocycles. The number of allylic oxidation sites excluding steroid dienone is 1. The molecule has 0 unspecified atom stereocenters. The lowest BCUT2D eigenvalue weighted by atomic mass is 10.0. The van der Waals surface area contributed by atoms with Crippen molar-refractivity contribution in [3.63, 3.8) is 0 Å². The molecule has 1 aliphatic heterocycles. The normalized spacial score (nSPS) is 17.4. The summed E-state index contributed by atoms with van der Waals surface area (Å²) >= 11 is 0. The zero-order valence-corrected chi connectivity index (χ0v) is 17.4. The average Bonchev–Trinajstić information content (AvgIpc) is 2.62. The first kappa shape index (κ1) is 22.7. The highest BCUT2D eigenvalue weighted by Crippen LogP contribution is 2.14. The molecule has 0 N–H and O–H groups in total. The minimum Gasteiger partial charge on any atom is -0.370 e. The number of hydrogen-bond donors (Lipinski definition) is 0. The quantitative estimate of drug-likeness (QED) is 0.218. The van der Waals surface area contributed by atoms with Gasteiger partial charge in [0.15, 0.2) is 0 Å². The predicted octanol–water partition coefficient (Wildman–Crippen LogP) is 6.85. The Bertz CT molecular complexity index is 307. The molecule has 1 saturated heterocycles. The first-order valence-electron chi connectivity index (χ1n) is 11.4. The van der Waals surface area contributed by atoms with E-state index in [0.29, 0.717) is 0 Å². The Balaban J connectivity index is 1.77. The van der Waals surface area contributed by atoms with Crippen LogP contribution in [-0.2, 0) is 4.74 Å². The molecule has 1 heterocycles. The zero-order valence-electron chi connectivity index (χ0n) is 17.4. The van der Waals surface area contributed by atoms with Gasteiger partial charge in [-0.1, -0.05) is 90.4 Å². The molecule has 0 aromatic rings. The summed E-state index contributed by atoms with van der Waals surface area (Å²) in [5.74, 6) is 0. The third-order valence-electron chi connectivity index (χ3n) is 5.68. The Hall–Kier alpha value is -0.340. The molecule has 0 bridgehead atoms. The Morgan fingerprint density at radius 2 is 1.12 bits per heavy atom. The van der Waals surface area contributed by atoms with Crippen LogP contribution in [-0.4, -0.2) is 37.8 Å². The fourth-order valence-corrected chi connectivity index (χ4v) is 3.69. The number of morpholine rings is 1. The van der Waals surface area contributed by atoms with Gasteiger partial charge < -0.3 is 4.74 Å². The lowest BCUT2D eigenvalue weighted by Gasteiger charge is -2.33. The highest BCUT2D eigenvalue weighted by atomic mass is 16.5. The van der Waals surface area contributed by atoms with E-state index < -0.39 is 0 Å². The second-order valence-electron chi connectivity index (χ2n) is 8.31. The van der Waals surface area contributed by atoms with Crippen LogP contribution in [0.4, 0.5) is 0 Å². The minimum atomic E-state index is 0.916. The van der Waals surface area contributed by atoms with E-state index >= 15 is 0 Å². The first-order chi connectivity index (χ1) is 12.3. The van der Waals surface area contributed by atoms with Crippen molar-refractivity contribution in [2.75, 3.05) is 33.4 Å². The monoisotopic (exact) mass is 352 g/mol. The van der Waals surface area contributed by atoms with E-state index in [9.17, 15) is 0 Å². The van der Waals surface area contributed by atoms with Crippen molar-refractivity contribution >= 4 is 0 Å². The second-order valence-corrected chi connectivity index (χ2v) is 8.31. The van der Waals surface area contributed by atoms with E-state index in [1.54, 1.807) is 0 Å². The molecule has 0 saturated carbocycles. The molecule has 0 amide bonds. The maximum Gasteiger partial charge on any atom is 0.106 e. The number of quaternary nitrogens is 1. The van der Waals surface area contributed by atoms with E-state index in [1.165, 1.54) is 96.3 Å². The highest BCUT2D eigenvalue weighted by Gasteiger charge is 2.21. The summed E-state index contributed by atoms with van der Waals surface area (Å²) in [6, 6.07) is 0. The average molecular weight is 353 g/mol.